The number of nitrogens with zero attached hydrogens (tertiary/aromatic N) is 1. The number of amides is 2. The minimum absolute atomic E-state index is 0.0373. The van der Waals surface area contributed by atoms with Crippen molar-refractivity contribution in [2.24, 2.45) is 5.92 Å². The molecule has 2 heterocycles. The van der Waals surface area contributed by atoms with Crippen LogP contribution in [-0.2, 0) is 9.59 Å². The average Bonchev–Trinajstić information content (AvgIpc) is 2.86. The summed E-state index contributed by atoms with van der Waals surface area (Å²) < 4.78 is 0. The van der Waals surface area contributed by atoms with E-state index >= 15 is 0 Å². The maximum Gasteiger partial charge on any atom is 0.242 e. The van der Waals surface area contributed by atoms with Crippen molar-refractivity contribution in [1.82, 2.24) is 15.5 Å². The molecule has 3 unspecified atom stereocenters. The molecule has 3 atom stereocenters. The SMILES string of the molecule is CNC(=O)C1CCCN1C(=O)C1CC(C)CCN1. The maximum absolute atomic E-state index is 12.5. The summed E-state index contributed by atoms with van der Waals surface area (Å²) in [4.78, 5) is 26.0. The number of carbonyl (C=O) groups excluding carboxylic acids is 2. The summed E-state index contributed by atoms with van der Waals surface area (Å²) in [5.74, 6) is 0.651. The molecule has 2 amide bonds. The van der Waals surface area contributed by atoms with Crippen molar-refractivity contribution >= 4 is 11.8 Å². The quantitative estimate of drug-likeness (QED) is 0.734. The van der Waals surface area contributed by atoms with Crippen LogP contribution in [-0.4, -0.2) is 48.9 Å². The number of likely N-dealkylation sites (tertiary alicyclic amines) is 1. The van der Waals surface area contributed by atoms with E-state index < -0.39 is 0 Å². The van der Waals surface area contributed by atoms with E-state index in [0.717, 1.165) is 32.2 Å². The Kier molecular flexibility index (Phi) is 4.22. The van der Waals surface area contributed by atoms with E-state index in [-0.39, 0.29) is 23.9 Å². The summed E-state index contributed by atoms with van der Waals surface area (Å²) in [7, 11) is 1.63. The van der Waals surface area contributed by atoms with Crippen molar-refractivity contribution in [3.63, 3.8) is 0 Å². The topological polar surface area (TPSA) is 61.4 Å². The lowest BCUT2D eigenvalue weighted by Crippen LogP contribution is -2.54. The van der Waals surface area contributed by atoms with Gasteiger partial charge in [0.1, 0.15) is 6.04 Å². The molecule has 0 aromatic carbocycles. The lowest BCUT2D eigenvalue weighted by molar-refractivity contribution is -0.140. The Hall–Kier alpha value is -1.10. The number of piperidine rings is 1. The first kappa shape index (κ1) is 13.3. The van der Waals surface area contributed by atoms with Gasteiger partial charge in [0.05, 0.1) is 6.04 Å². The molecule has 0 saturated carbocycles. The van der Waals surface area contributed by atoms with Crippen molar-refractivity contribution in [2.45, 2.75) is 44.7 Å². The fourth-order valence-electron chi connectivity index (χ4n) is 2.97. The van der Waals surface area contributed by atoms with Crippen LogP contribution in [0.5, 0.6) is 0 Å². The minimum atomic E-state index is -0.262. The predicted molar refractivity (Wildman–Crippen MR) is 69.0 cm³/mol. The summed E-state index contributed by atoms with van der Waals surface area (Å²) in [6.07, 6.45) is 3.72. The molecule has 2 fully saturated rings. The van der Waals surface area contributed by atoms with E-state index in [9.17, 15) is 9.59 Å². The number of hydrogen-bond acceptors (Lipinski definition) is 3. The molecule has 0 aromatic rings. The third kappa shape index (κ3) is 2.66. The Bertz CT molecular complexity index is 332. The molecular formula is C13H23N3O2. The maximum atomic E-state index is 12.5. The van der Waals surface area contributed by atoms with Crippen LogP contribution in [0.2, 0.25) is 0 Å². The van der Waals surface area contributed by atoms with E-state index in [1.807, 2.05) is 0 Å². The standard InChI is InChI=1S/C13H23N3O2/c1-9-5-6-15-10(8-9)13(18)16-7-3-4-11(16)12(17)14-2/h9-11,15H,3-8H2,1-2H3,(H,14,17). The Morgan fingerprint density at radius 1 is 1.33 bits per heavy atom. The van der Waals surface area contributed by atoms with Crippen molar-refractivity contribution in [1.29, 1.82) is 0 Å². The van der Waals surface area contributed by atoms with Gasteiger partial charge < -0.3 is 15.5 Å². The highest BCUT2D eigenvalue weighted by atomic mass is 16.2. The van der Waals surface area contributed by atoms with Gasteiger partial charge in [-0.25, -0.2) is 0 Å². The summed E-state index contributed by atoms with van der Waals surface area (Å²) in [6.45, 7) is 3.79. The highest BCUT2D eigenvalue weighted by Gasteiger charge is 2.37. The van der Waals surface area contributed by atoms with E-state index in [1.54, 1.807) is 11.9 Å². The molecule has 18 heavy (non-hydrogen) atoms. The number of rotatable bonds is 2. The highest BCUT2D eigenvalue weighted by molar-refractivity contribution is 5.90. The second-order valence-electron chi connectivity index (χ2n) is 5.44. The first-order valence-corrected chi connectivity index (χ1v) is 6.89. The lowest BCUT2D eigenvalue weighted by Gasteiger charge is -2.32. The molecular weight excluding hydrogens is 230 g/mol. The molecule has 2 rings (SSSR count). The Balaban J connectivity index is 2.01. The van der Waals surface area contributed by atoms with Crippen LogP contribution in [0.4, 0.5) is 0 Å². The smallest absolute Gasteiger partial charge is 0.242 e. The molecule has 0 bridgehead atoms. The molecule has 0 spiro atoms. The summed E-state index contributed by atoms with van der Waals surface area (Å²) >= 11 is 0. The van der Waals surface area contributed by atoms with Crippen LogP contribution in [0.25, 0.3) is 0 Å². The number of hydrogen-bond donors (Lipinski definition) is 2. The Morgan fingerprint density at radius 3 is 2.78 bits per heavy atom. The van der Waals surface area contributed by atoms with E-state index in [0.29, 0.717) is 12.5 Å². The fourth-order valence-corrected chi connectivity index (χ4v) is 2.97. The van der Waals surface area contributed by atoms with Gasteiger partial charge in [-0.3, -0.25) is 9.59 Å². The third-order valence-corrected chi connectivity index (χ3v) is 4.05. The molecule has 2 saturated heterocycles. The molecule has 102 valence electrons. The molecule has 2 N–H and O–H groups in total. The third-order valence-electron chi connectivity index (χ3n) is 4.05. The first-order valence-electron chi connectivity index (χ1n) is 6.89. The van der Waals surface area contributed by atoms with Crippen LogP contribution < -0.4 is 10.6 Å². The summed E-state index contributed by atoms with van der Waals surface area (Å²) in [5.41, 5.74) is 0. The molecule has 5 heteroatoms. The van der Waals surface area contributed by atoms with E-state index in [2.05, 4.69) is 17.6 Å². The van der Waals surface area contributed by atoms with E-state index in [4.69, 9.17) is 0 Å². The lowest BCUT2D eigenvalue weighted by atomic mass is 9.93. The molecule has 0 aliphatic carbocycles. The van der Waals surface area contributed by atoms with Crippen molar-refractivity contribution in [2.75, 3.05) is 20.1 Å². The van der Waals surface area contributed by atoms with Crippen LogP contribution in [0.15, 0.2) is 0 Å². The van der Waals surface area contributed by atoms with Gasteiger partial charge in [-0.2, -0.15) is 0 Å². The van der Waals surface area contributed by atoms with Crippen LogP contribution in [0.1, 0.15) is 32.6 Å². The van der Waals surface area contributed by atoms with Gasteiger partial charge in [-0.1, -0.05) is 6.92 Å². The number of nitrogens with one attached hydrogen (secondary N) is 2. The van der Waals surface area contributed by atoms with Gasteiger partial charge >= 0.3 is 0 Å². The van der Waals surface area contributed by atoms with Gasteiger partial charge in [0.25, 0.3) is 0 Å². The summed E-state index contributed by atoms with van der Waals surface area (Å²) in [6, 6.07) is -0.361. The second-order valence-corrected chi connectivity index (χ2v) is 5.44. The zero-order chi connectivity index (χ0) is 13.1. The van der Waals surface area contributed by atoms with Crippen LogP contribution >= 0.6 is 0 Å². The fraction of sp³-hybridized carbons (Fsp3) is 0.846. The number of likely N-dealkylation sites (N-methyl/N-ethyl adjacent to an activating group) is 1. The van der Waals surface area contributed by atoms with Crippen LogP contribution in [0.3, 0.4) is 0 Å². The molecule has 0 radical (unpaired) electrons. The first-order chi connectivity index (χ1) is 8.63. The average molecular weight is 253 g/mol. The predicted octanol–water partition coefficient (Wildman–Crippen LogP) is 0.112. The molecule has 2 aliphatic rings. The summed E-state index contributed by atoms with van der Waals surface area (Å²) in [5, 5.41) is 5.93. The minimum Gasteiger partial charge on any atom is -0.357 e. The number of carbonyl (C=O) groups is 2. The van der Waals surface area contributed by atoms with Gasteiger partial charge in [-0.05, 0) is 38.1 Å². The highest BCUT2D eigenvalue weighted by Crippen LogP contribution is 2.22. The monoisotopic (exact) mass is 253 g/mol. The Morgan fingerprint density at radius 2 is 2.11 bits per heavy atom. The van der Waals surface area contributed by atoms with Gasteiger partial charge in [0, 0.05) is 13.6 Å². The van der Waals surface area contributed by atoms with Gasteiger partial charge in [0.15, 0.2) is 0 Å². The second kappa shape index (κ2) is 5.69. The van der Waals surface area contributed by atoms with Crippen molar-refractivity contribution in [3.8, 4) is 0 Å². The van der Waals surface area contributed by atoms with E-state index in [1.165, 1.54) is 0 Å². The Labute approximate surface area is 108 Å². The van der Waals surface area contributed by atoms with Gasteiger partial charge in [0.2, 0.25) is 11.8 Å². The van der Waals surface area contributed by atoms with Crippen molar-refractivity contribution < 1.29 is 9.59 Å². The zero-order valence-corrected chi connectivity index (χ0v) is 11.2. The molecule has 5 nitrogen and oxygen atoms in total. The normalized spacial score (nSPS) is 32.3. The molecule has 0 aromatic heterocycles. The largest absolute Gasteiger partial charge is 0.357 e. The van der Waals surface area contributed by atoms with Crippen molar-refractivity contribution in [3.05, 3.63) is 0 Å². The van der Waals surface area contributed by atoms with Crippen LogP contribution in [0, 0.1) is 5.92 Å². The van der Waals surface area contributed by atoms with Gasteiger partial charge in [-0.15, -0.1) is 0 Å². The zero-order valence-electron chi connectivity index (χ0n) is 11.2. The molecule has 2 aliphatic heterocycles.